The first-order chi connectivity index (χ1) is 12.9. The number of amides is 2. The predicted molar refractivity (Wildman–Crippen MR) is 107 cm³/mol. The number of carbonyl (C=O) groups is 2. The van der Waals surface area contributed by atoms with Gasteiger partial charge in [0.2, 0.25) is 11.8 Å². The van der Waals surface area contributed by atoms with Gasteiger partial charge in [0.1, 0.15) is 0 Å². The summed E-state index contributed by atoms with van der Waals surface area (Å²) < 4.78 is 0. The second kappa shape index (κ2) is 7.63. The monoisotopic (exact) mass is 408 g/mol. The molecule has 0 atom stereocenters. The van der Waals surface area contributed by atoms with Gasteiger partial charge in [-0.1, -0.05) is 35.3 Å². The largest absolute Gasteiger partial charge is 0.354 e. The van der Waals surface area contributed by atoms with Crippen LogP contribution in [0.3, 0.4) is 0 Å². The molecule has 6 heteroatoms. The standard InChI is InChI=1S/C21H26Cl2N2O2/c22-17-3-1-2-16(19(17)23)4-5-24-18(26)12-25-20(27)21-9-13-6-14(10-21)8-15(7-13)11-21/h1-3,13-15H,4-12H2,(H,24,26)(H,25,27). The van der Waals surface area contributed by atoms with Gasteiger partial charge in [-0.25, -0.2) is 0 Å². The average Bonchev–Trinajstić information content (AvgIpc) is 2.62. The highest BCUT2D eigenvalue weighted by Crippen LogP contribution is 2.60. The molecule has 146 valence electrons. The van der Waals surface area contributed by atoms with Crippen LogP contribution in [0.2, 0.25) is 10.0 Å². The van der Waals surface area contributed by atoms with Crippen LogP contribution in [0.4, 0.5) is 0 Å². The number of halogens is 2. The highest BCUT2D eigenvalue weighted by atomic mass is 35.5. The smallest absolute Gasteiger partial charge is 0.239 e. The number of rotatable bonds is 6. The van der Waals surface area contributed by atoms with Crippen molar-refractivity contribution in [3.8, 4) is 0 Å². The lowest BCUT2D eigenvalue weighted by Gasteiger charge is -2.55. The van der Waals surface area contributed by atoms with Crippen LogP contribution in [-0.2, 0) is 16.0 Å². The summed E-state index contributed by atoms with van der Waals surface area (Å²) in [5, 5.41) is 6.81. The third kappa shape index (κ3) is 3.97. The average molecular weight is 409 g/mol. The van der Waals surface area contributed by atoms with Crippen molar-refractivity contribution < 1.29 is 9.59 Å². The van der Waals surface area contributed by atoms with Crippen LogP contribution in [0.15, 0.2) is 18.2 Å². The van der Waals surface area contributed by atoms with Crippen LogP contribution in [0.1, 0.15) is 44.1 Å². The normalized spacial score (nSPS) is 31.0. The first-order valence-electron chi connectivity index (χ1n) is 9.93. The Balaban J connectivity index is 1.24. The van der Waals surface area contributed by atoms with E-state index in [-0.39, 0.29) is 23.8 Å². The van der Waals surface area contributed by atoms with E-state index in [1.165, 1.54) is 19.3 Å². The molecule has 0 saturated heterocycles. The fourth-order valence-corrected chi connectivity index (χ4v) is 6.29. The Labute approximate surface area is 170 Å². The van der Waals surface area contributed by atoms with Crippen molar-refractivity contribution in [2.75, 3.05) is 13.1 Å². The number of hydrogen-bond acceptors (Lipinski definition) is 2. The molecule has 2 amide bonds. The molecule has 4 nitrogen and oxygen atoms in total. The number of hydrogen-bond donors (Lipinski definition) is 2. The first-order valence-corrected chi connectivity index (χ1v) is 10.7. The maximum Gasteiger partial charge on any atom is 0.239 e. The molecule has 4 saturated carbocycles. The first kappa shape index (κ1) is 19.1. The molecule has 2 N–H and O–H groups in total. The topological polar surface area (TPSA) is 58.2 Å². The van der Waals surface area contributed by atoms with Crippen LogP contribution in [-0.4, -0.2) is 24.9 Å². The Morgan fingerprint density at radius 3 is 2.26 bits per heavy atom. The summed E-state index contributed by atoms with van der Waals surface area (Å²) in [7, 11) is 0. The summed E-state index contributed by atoms with van der Waals surface area (Å²) >= 11 is 12.2. The van der Waals surface area contributed by atoms with Crippen molar-refractivity contribution in [1.82, 2.24) is 10.6 Å². The van der Waals surface area contributed by atoms with Gasteiger partial charge < -0.3 is 10.6 Å². The maximum atomic E-state index is 12.9. The molecule has 4 fully saturated rings. The molecule has 1 aromatic rings. The Bertz CT molecular complexity index is 714. The van der Waals surface area contributed by atoms with E-state index in [0.717, 1.165) is 42.6 Å². The molecule has 27 heavy (non-hydrogen) atoms. The Morgan fingerprint density at radius 2 is 1.63 bits per heavy atom. The zero-order valence-electron chi connectivity index (χ0n) is 15.4. The van der Waals surface area contributed by atoms with E-state index < -0.39 is 0 Å². The van der Waals surface area contributed by atoms with Gasteiger partial charge in [-0.05, 0) is 74.3 Å². The summed E-state index contributed by atoms with van der Waals surface area (Å²) in [5.41, 5.74) is 0.700. The Kier molecular flexibility index (Phi) is 5.39. The molecule has 0 aromatic heterocycles. The second-order valence-electron chi connectivity index (χ2n) is 8.69. The van der Waals surface area contributed by atoms with Crippen molar-refractivity contribution in [2.24, 2.45) is 23.2 Å². The molecular weight excluding hydrogens is 383 g/mol. The lowest BCUT2D eigenvalue weighted by molar-refractivity contribution is -0.147. The molecular formula is C21H26Cl2N2O2. The fourth-order valence-electron chi connectivity index (χ4n) is 5.88. The van der Waals surface area contributed by atoms with E-state index in [1.807, 2.05) is 12.1 Å². The molecule has 0 unspecified atom stereocenters. The number of carbonyl (C=O) groups excluding carboxylic acids is 2. The van der Waals surface area contributed by atoms with Crippen LogP contribution >= 0.6 is 23.2 Å². The van der Waals surface area contributed by atoms with Gasteiger partial charge in [0.05, 0.1) is 16.6 Å². The number of nitrogens with one attached hydrogen (secondary N) is 2. The highest BCUT2D eigenvalue weighted by molar-refractivity contribution is 6.42. The molecule has 4 aliphatic rings. The van der Waals surface area contributed by atoms with E-state index in [2.05, 4.69) is 10.6 Å². The molecule has 4 aliphatic carbocycles. The van der Waals surface area contributed by atoms with E-state index in [0.29, 0.717) is 23.0 Å². The van der Waals surface area contributed by atoms with Gasteiger partial charge >= 0.3 is 0 Å². The third-order valence-corrected chi connectivity index (χ3v) is 7.54. The summed E-state index contributed by atoms with van der Waals surface area (Å²) in [6, 6.07) is 5.48. The van der Waals surface area contributed by atoms with E-state index in [4.69, 9.17) is 23.2 Å². The summed E-state index contributed by atoms with van der Waals surface area (Å²) in [6.07, 6.45) is 7.56. The lowest BCUT2D eigenvalue weighted by atomic mass is 9.49. The van der Waals surface area contributed by atoms with E-state index in [1.54, 1.807) is 6.07 Å². The molecule has 0 aliphatic heterocycles. The minimum Gasteiger partial charge on any atom is -0.354 e. The minimum atomic E-state index is -0.205. The van der Waals surface area contributed by atoms with Crippen LogP contribution in [0, 0.1) is 23.2 Å². The zero-order chi connectivity index (χ0) is 19.0. The lowest BCUT2D eigenvalue weighted by Crippen LogP contribution is -2.54. The Morgan fingerprint density at radius 1 is 1.00 bits per heavy atom. The SMILES string of the molecule is O=C(CNC(=O)C12CC3CC(CC(C3)C1)C2)NCCc1cccc(Cl)c1Cl. The Hall–Kier alpha value is -1.26. The summed E-state index contributed by atoms with van der Waals surface area (Å²) in [6.45, 7) is 0.510. The van der Waals surface area contributed by atoms with Gasteiger partial charge in [0.15, 0.2) is 0 Å². The molecule has 0 radical (unpaired) electrons. The number of benzene rings is 1. The zero-order valence-corrected chi connectivity index (χ0v) is 16.9. The van der Waals surface area contributed by atoms with Gasteiger partial charge in [-0.15, -0.1) is 0 Å². The van der Waals surface area contributed by atoms with Crippen molar-refractivity contribution in [1.29, 1.82) is 0 Å². The van der Waals surface area contributed by atoms with Crippen molar-refractivity contribution in [3.63, 3.8) is 0 Å². The van der Waals surface area contributed by atoms with Crippen molar-refractivity contribution in [3.05, 3.63) is 33.8 Å². The van der Waals surface area contributed by atoms with Gasteiger partial charge in [0, 0.05) is 12.0 Å². The quantitative estimate of drug-likeness (QED) is 0.747. The molecule has 0 heterocycles. The molecule has 1 aromatic carbocycles. The van der Waals surface area contributed by atoms with Gasteiger partial charge in [-0.2, -0.15) is 0 Å². The molecule has 5 rings (SSSR count). The van der Waals surface area contributed by atoms with Crippen molar-refractivity contribution >= 4 is 35.0 Å². The van der Waals surface area contributed by atoms with Crippen molar-refractivity contribution in [2.45, 2.75) is 44.9 Å². The van der Waals surface area contributed by atoms with Crippen LogP contribution < -0.4 is 10.6 Å². The minimum absolute atomic E-state index is 0.0455. The third-order valence-electron chi connectivity index (χ3n) is 6.68. The fraction of sp³-hybridized carbons (Fsp3) is 0.619. The molecule has 4 bridgehead atoms. The van der Waals surface area contributed by atoms with Crippen LogP contribution in [0.25, 0.3) is 0 Å². The summed E-state index contributed by atoms with van der Waals surface area (Å²) in [4.78, 5) is 25.0. The van der Waals surface area contributed by atoms with Gasteiger partial charge in [0.25, 0.3) is 0 Å². The highest BCUT2D eigenvalue weighted by Gasteiger charge is 2.54. The van der Waals surface area contributed by atoms with Crippen LogP contribution in [0.5, 0.6) is 0 Å². The predicted octanol–water partition coefficient (Wildman–Crippen LogP) is 3.98. The van der Waals surface area contributed by atoms with E-state index >= 15 is 0 Å². The molecule has 0 spiro atoms. The van der Waals surface area contributed by atoms with E-state index in [9.17, 15) is 9.59 Å². The van der Waals surface area contributed by atoms with Gasteiger partial charge in [-0.3, -0.25) is 9.59 Å². The summed E-state index contributed by atoms with van der Waals surface area (Å²) in [5.74, 6) is 2.09. The maximum absolute atomic E-state index is 12.9. The second-order valence-corrected chi connectivity index (χ2v) is 9.48.